The fourth-order valence-electron chi connectivity index (χ4n) is 8.38. The Morgan fingerprint density at radius 3 is 0.932 bits per heavy atom. The molecule has 0 rings (SSSR count). The Kier molecular flexibility index (Phi) is 58.3. The predicted molar refractivity (Wildman–Crippen MR) is 320 cm³/mol. The third kappa shape index (κ3) is 59.0. The molecule has 6 nitrogen and oxygen atoms in total. The second-order valence-electron chi connectivity index (χ2n) is 20.2. The van der Waals surface area contributed by atoms with Gasteiger partial charge in [0.1, 0.15) is 13.2 Å². The minimum absolute atomic E-state index is 0.107. The maximum atomic E-state index is 12.9. The molecule has 0 aromatic carbocycles. The minimum Gasteiger partial charge on any atom is -0.462 e. The van der Waals surface area contributed by atoms with Gasteiger partial charge in [-0.2, -0.15) is 0 Å². The smallest absolute Gasteiger partial charge is 0.306 e. The number of hydrogen-bond acceptors (Lipinski definition) is 6. The van der Waals surface area contributed by atoms with Crippen molar-refractivity contribution in [1.82, 2.24) is 0 Å². The van der Waals surface area contributed by atoms with Crippen molar-refractivity contribution >= 4 is 17.9 Å². The summed E-state index contributed by atoms with van der Waals surface area (Å²) in [5.41, 5.74) is 0. The Morgan fingerprint density at radius 1 is 0.284 bits per heavy atom. The van der Waals surface area contributed by atoms with Gasteiger partial charge in [-0.05, 0) is 116 Å². The van der Waals surface area contributed by atoms with Crippen molar-refractivity contribution in [3.8, 4) is 0 Å². The van der Waals surface area contributed by atoms with Gasteiger partial charge < -0.3 is 14.2 Å². The Labute approximate surface area is 457 Å². The molecule has 74 heavy (non-hydrogen) atoms. The number of carbonyl (C=O) groups is 3. The van der Waals surface area contributed by atoms with E-state index in [-0.39, 0.29) is 37.5 Å². The fraction of sp³-hybridized carbons (Fsp3) is 0.691. The van der Waals surface area contributed by atoms with Crippen molar-refractivity contribution in [2.75, 3.05) is 13.2 Å². The van der Waals surface area contributed by atoms with Gasteiger partial charge in [-0.1, -0.05) is 259 Å². The molecule has 0 spiro atoms. The zero-order chi connectivity index (χ0) is 53.6. The molecule has 0 bridgehead atoms. The first-order chi connectivity index (χ1) is 36.5. The molecular weight excluding hydrogens is 913 g/mol. The second kappa shape index (κ2) is 61.6. The van der Waals surface area contributed by atoms with Gasteiger partial charge in [0.25, 0.3) is 0 Å². The van der Waals surface area contributed by atoms with Crippen molar-refractivity contribution < 1.29 is 28.6 Å². The van der Waals surface area contributed by atoms with Crippen molar-refractivity contribution in [3.63, 3.8) is 0 Å². The number of rotatable bonds is 55. The van der Waals surface area contributed by atoms with Crippen LogP contribution in [0.15, 0.2) is 109 Å². The van der Waals surface area contributed by atoms with Crippen LogP contribution in [0.4, 0.5) is 0 Å². The van der Waals surface area contributed by atoms with Gasteiger partial charge in [-0.25, -0.2) is 0 Å². The maximum absolute atomic E-state index is 12.9. The Balaban J connectivity index is 4.51. The molecular formula is C68H114O6. The van der Waals surface area contributed by atoms with Crippen LogP contribution in [0, 0.1) is 0 Å². The Bertz CT molecular complexity index is 1510. The highest BCUT2D eigenvalue weighted by molar-refractivity contribution is 5.71. The summed E-state index contributed by atoms with van der Waals surface area (Å²) in [5, 5.41) is 0. The lowest BCUT2D eigenvalue weighted by atomic mass is 10.1. The first-order valence-corrected chi connectivity index (χ1v) is 30.9. The van der Waals surface area contributed by atoms with E-state index in [1.54, 1.807) is 0 Å². The van der Waals surface area contributed by atoms with Gasteiger partial charge in [0.2, 0.25) is 0 Å². The van der Waals surface area contributed by atoms with Gasteiger partial charge >= 0.3 is 17.9 Å². The Morgan fingerprint density at radius 2 is 0.554 bits per heavy atom. The summed E-state index contributed by atoms with van der Waals surface area (Å²) in [5.74, 6) is -0.998. The van der Waals surface area contributed by atoms with E-state index in [1.165, 1.54) is 148 Å². The SMILES string of the molecule is CC/C=C\C/C=C\C/C=C\C/C=C\C/C=C\C/C=C\CCC(=O)OCC(COC(=O)CCCCCCCCC/C=C\C/C=C\CCCCCC)OC(=O)CCCCCCCCCCC/C=C\CCCCCCCC. The number of hydrogen-bond donors (Lipinski definition) is 0. The average molecular weight is 1030 g/mol. The summed E-state index contributed by atoms with van der Waals surface area (Å²) in [4.78, 5) is 38.3. The molecule has 0 aromatic heterocycles. The van der Waals surface area contributed by atoms with E-state index in [0.717, 1.165) is 89.9 Å². The molecule has 6 heteroatoms. The molecule has 0 aliphatic rings. The summed E-state index contributed by atoms with van der Waals surface area (Å²) < 4.78 is 16.8. The Hall–Kier alpha value is -3.93. The van der Waals surface area contributed by atoms with E-state index >= 15 is 0 Å². The third-order valence-electron chi connectivity index (χ3n) is 13.0. The van der Waals surface area contributed by atoms with E-state index in [0.29, 0.717) is 19.3 Å². The summed E-state index contributed by atoms with van der Waals surface area (Å²) in [6.45, 7) is 6.45. The van der Waals surface area contributed by atoms with Gasteiger partial charge in [0, 0.05) is 19.3 Å². The average Bonchev–Trinajstić information content (AvgIpc) is 3.40. The molecule has 0 aliphatic carbocycles. The van der Waals surface area contributed by atoms with E-state index < -0.39 is 6.10 Å². The quantitative estimate of drug-likeness (QED) is 0.0261. The van der Waals surface area contributed by atoms with Crippen molar-refractivity contribution in [2.45, 2.75) is 290 Å². The molecule has 0 saturated carbocycles. The van der Waals surface area contributed by atoms with Crippen LogP contribution >= 0.6 is 0 Å². The largest absolute Gasteiger partial charge is 0.462 e. The highest BCUT2D eigenvalue weighted by Crippen LogP contribution is 2.15. The van der Waals surface area contributed by atoms with Crippen LogP contribution in [0.1, 0.15) is 284 Å². The minimum atomic E-state index is -0.816. The summed E-state index contributed by atoms with van der Waals surface area (Å²) >= 11 is 0. The number of carbonyl (C=O) groups excluding carboxylic acids is 3. The van der Waals surface area contributed by atoms with Gasteiger partial charge in [0.05, 0.1) is 0 Å². The lowest BCUT2D eigenvalue weighted by Crippen LogP contribution is -2.30. The lowest BCUT2D eigenvalue weighted by Gasteiger charge is -2.18. The molecule has 0 radical (unpaired) electrons. The van der Waals surface area contributed by atoms with Crippen molar-refractivity contribution in [3.05, 3.63) is 109 Å². The van der Waals surface area contributed by atoms with Gasteiger partial charge in [-0.3, -0.25) is 14.4 Å². The van der Waals surface area contributed by atoms with Crippen LogP contribution in [0.2, 0.25) is 0 Å². The van der Waals surface area contributed by atoms with Crippen LogP contribution in [-0.2, 0) is 28.6 Å². The van der Waals surface area contributed by atoms with Crippen molar-refractivity contribution in [1.29, 1.82) is 0 Å². The molecule has 422 valence electrons. The monoisotopic (exact) mass is 1030 g/mol. The standard InChI is InChI=1S/C68H114O6/c1-4-7-10-13-16-19-22-25-28-31-34-37-40-43-46-49-52-55-58-61-67(70)73-64-65(63-72-66(69)60-57-54-51-48-45-42-39-36-33-30-27-24-21-18-15-12-9-6-3)74-68(71)62-59-56-53-50-47-44-41-38-35-32-29-26-23-20-17-14-11-8-5-2/h7,10,16,19,21,24-26,28-30,33-34,37,43,46,52,55,65H,4-6,8-9,11-15,17-18,20,22-23,27,31-32,35-36,38-42,44-45,47-51,53-54,56-64H2,1-3H3/b10-7-,19-16-,24-21-,28-25-,29-26-,33-30-,37-34-,46-43-,55-52-. The van der Waals surface area contributed by atoms with E-state index in [9.17, 15) is 14.4 Å². The number of unbranched alkanes of at least 4 members (excludes halogenated alkanes) is 26. The molecule has 0 N–H and O–H groups in total. The lowest BCUT2D eigenvalue weighted by molar-refractivity contribution is -0.166. The van der Waals surface area contributed by atoms with E-state index in [4.69, 9.17) is 14.2 Å². The molecule has 1 unspecified atom stereocenters. The number of ether oxygens (including phenoxy) is 3. The van der Waals surface area contributed by atoms with E-state index in [2.05, 4.69) is 124 Å². The fourth-order valence-corrected chi connectivity index (χ4v) is 8.38. The van der Waals surface area contributed by atoms with Gasteiger partial charge in [-0.15, -0.1) is 0 Å². The van der Waals surface area contributed by atoms with Crippen molar-refractivity contribution in [2.24, 2.45) is 0 Å². The van der Waals surface area contributed by atoms with Crippen LogP contribution in [0.3, 0.4) is 0 Å². The first-order valence-electron chi connectivity index (χ1n) is 30.9. The zero-order valence-electron chi connectivity index (χ0n) is 48.3. The molecule has 0 saturated heterocycles. The van der Waals surface area contributed by atoms with E-state index in [1.807, 2.05) is 6.08 Å². The summed E-state index contributed by atoms with van der Waals surface area (Å²) in [6.07, 6.45) is 83.8. The van der Waals surface area contributed by atoms with Gasteiger partial charge in [0.15, 0.2) is 6.10 Å². The molecule has 0 fully saturated rings. The van der Waals surface area contributed by atoms with Crippen LogP contribution in [0.5, 0.6) is 0 Å². The molecule has 0 heterocycles. The topological polar surface area (TPSA) is 78.9 Å². The predicted octanol–water partition coefficient (Wildman–Crippen LogP) is 21.0. The third-order valence-corrected chi connectivity index (χ3v) is 13.0. The normalized spacial score (nSPS) is 12.9. The highest BCUT2D eigenvalue weighted by Gasteiger charge is 2.19. The summed E-state index contributed by atoms with van der Waals surface area (Å²) in [6, 6.07) is 0. The molecule has 0 aliphatic heterocycles. The zero-order valence-corrected chi connectivity index (χ0v) is 48.3. The van der Waals surface area contributed by atoms with Crippen LogP contribution in [0.25, 0.3) is 0 Å². The second-order valence-corrected chi connectivity index (χ2v) is 20.2. The van der Waals surface area contributed by atoms with Crippen LogP contribution < -0.4 is 0 Å². The maximum Gasteiger partial charge on any atom is 0.306 e. The molecule has 0 amide bonds. The number of esters is 3. The van der Waals surface area contributed by atoms with Crippen LogP contribution in [-0.4, -0.2) is 37.2 Å². The number of allylic oxidation sites excluding steroid dienone is 18. The first kappa shape index (κ1) is 70.1. The molecule has 1 atom stereocenters. The highest BCUT2D eigenvalue weighted by atomic mass is 16.6. The summed E-state index contributed by atoms with van der Waals surface area (Å²) in [7, 11) is 0. The molecule has 0 aromatic rings.